The van der Waals surface area contributed by atoms with Crippen LogP contribution in [0.3, 0.4) is 0 Å². The van der Waals surface area contributed by atoms with Gasteiger partial charge < -0.3 is 13.9 Å². The maximum absolute atomic E-state index is 6.96. The zero-order valence-corrected chi connectivity index (χ0v) is 30.9. The van der Waals surface area contributed by atoms with E-state index in [-0.39, 0.29) is 0 Å². The van der Waals surface area contributed by atoms with Gasteiger partial charge in [0.05, 0.1) is 11.0 Å². The molecule has 0 saturated carbocycles. The van der Waals surface area contributed by atoms with Crippen LogP contribution in [0.25, 0.3) is 92.9 Å². The molecule has 3 nitrogen and oxygen atoms in total. The Labute approximate surface area is 328 Å². The molecule has 0 fully saturated rings. The van der Waals surface area contributed by atoms with E-state index in [0.29, 0.717) is 0 Å². The fraction of sp³-hybridized carbons (Fsp3) is 0. The summed E-state index contributed by atoms with van der Waals surface area (Å²) in [5, 5.41) is 12.0. The summed E-state index contributed by atoms with van der Waals surface area (Å²) in [5.74, 6) is 0. The van der Waals surface area contributed by atoms with Gasteiger partial charge in [0, 0.05) is 49.9 Å². The van der Waals surface area contributed by atoms with Crippen LogP contribution >= 0.6 is 0 Å². The molecule has 0 aliphatic carbocycles. The van der Waals surface area contributed by atoms with Gasteiger partial charge in [-0.05, 0) is 105 Å². The maximum Gasteiger partial charge on any atom is 0.143 e. The summed E-state index contributed by atoms with van der Waals surface area (Å²) < 4.78 is 9.34. The molecule has 0 bridgehead atoms. The SMILES string of the molecule is c1ccc(N(c2ccc3ccc4ccccc4c3c2)c2cc(-c3ccc4c5ccccc5n(-c5ccccc5)c4c3)c3oc4ccc5ccccc5c4c3c2)cc1. The molecule has 10 aromatic carbocycles. The number of anilines is 3. The van der Waals surface area contributed by atoms with Gasteiger partial charge in [0.1, 0.15) is 11.2 Å². The standard InChI is InChI=1S/C54H34N2O/c1-3-15-39(16-4-1)55(41-28-25-37-24-23-35-13-7-9-19-43(35)47(37)32-41)42-33-48(54-49(34-42)53-44-20-10-8-14-36(44)27-30-52(53)57-54)38-26-29-46-45-21-11-12-22-50(45)56(51(46)31-38)40-17-5-2-6-18-40/h1-34H. The van der Waals surface area contributed by atoms with Crippen molar-refractivity contribution < 1.29 is 4.42 Å². The molecule has 0 saturated heterocycles. The van der Waals surface area contributed by atoms with Crippen molar-refractivity contribution in [1.82, 2.24) is 4.57 Å². The third kappa shape index (κ3) is 4.92. The van der Waals surface area contributed by atoms with Gasteiger partial charge in [-0.25, -0.2) is 0 Å². The summed E-state index contributed by atoms with van der Waals surface area (Å²) in [6.07, 6.45) is 0. The predicted molar refractivity (Wildman–Crippen MR) is 241 cm³/mol. The maximum atomic E-state index is 6.96. The first kappa shape index (κ1) is 31.7. The zero-order valence-electron chi connectivity index (χ0n) is 30.9. The molecule has 0 aliphatic heterocycles. The molecule has 0 radical (unpaired) electrons. The minimum absolute atomic E-state index is 0.879. The average molecular weight is 727 g/mol. The Morgan fingerprint density at radius 2 is 0.982 bits per heavy atom. The number of benzene rings is 10. The minimum atomic E-state index is 0.879. The summed E-state index contributed by atoms with van der Waals surface area (Å²) in [5.41, 5.74) is 10.6. The molecule has 2 aromatic heterocycles. The molecule has 266 valence electrons. The van der Waals surface area contributed by atoms with E-state index in [1.165, 1.54) is 48.6 Å². The van der Waals surface area contributed by atoms with Crippen LogP contribution in [0.4, 0.5) is 17.1 Å². The van der Waals surface area contributed by atoms with Crippen molar-refractivity contribution in [2.75, 3.05) is 4.90 Å². The summed E-state index contributed by atoms with van der Waals surface area (Å²) in [7, 11) is 0. The summed E-state index contributed by atoms with van der Waals surface area (Å²) in [6.45, 7) is 0. The number of rotatable bonds is 5. The number of fused-ring (bicyclic) bond motifs is 11. The highest BCUT2D eigenvalue weighted by atomic mass is 16.3. The molecule has 12 rings (SSSR count). The van der Waals surface area contributed by atoms with Crippen LogP contribution in [0.1, 0.15) is 0 Å². The highest BCUT2D eigenvalue weighted by molar-refractivity contribution is 6.22. The number of nitrogens with zero attached hydrogens (tertiary/aromatic N) is 2. The number of hydrogen-bond acceptors (Lipinski definition) is 2. The van der Waals surface area contributed by atoms with Crippen LogP contribution in [0, 0.1) is 0 Å². The zero-order chi connectivity index (χ0) is 37.5. The Bertz CT molecular complexity index is 3520. The Morgan fingerprint density at radius 3 is 1.81 bits per heavy atom. The Hall–Kier alpha value is -7.62. The van der Waals surface area contributed by atoms with Crippen LogP contribution in [0.15, 0.2) is 211 Å². The molecule has 0 atom stereocenters. The van der Waals surface area contributed by atoms with Crippen LogP contribution < -0.4 is 4.90 Å². The molecule has 3 heteroatoms. The van der Waals surface area contributed by atoms with E-state index in [2.05, 4.69) is 216 Å². The second-order valence-corrected chi connectivity index (χ2v) is 14.9. The first-order valence-corrected chi connectivity index (χ1v) is 19.5. The van der Waals surface area contributed by atoms with Gasteiger partial charge in [-0.3, -0.25) is 0 Å². The Morgan fingerprint density at radius 1 is 0.368 bits per heavy atom. The lowest BCUT2D eigenvalue weighted by Gasteiger charge is -2.27. The van der Waals surface area contributed by atoms with Gasteiger partial charge in [-0.2, -0.15) is 0 Å². The molecule has 0 unspecified atom stereocenters. The van der Waals surface area contributed by atoms with E-state index in [1.54, 1.807) is 0 Å². The van der Waals surface area contributed by atoms with Crippen molar-refractivity contribution in [3.8, 4) is 16.8 Å². The topological polar surface area (TPSA) is 21.3 Å². The first-order valence-electron chi connectivity index (χ1n) is 19.5. The van der Waals surface area contributed by atoms with E-state index < -0.39 is 0 Å². The van der Waals surface area contributed by atoms with Crippen molar-refractivity contribution in [3.63, 3.8) is 0 Å². The quantitative estimate of drug-likeness (QED) is 0.165. The second kappa shape index (κ2) is 12.5. The van der Waals surface area contributed by atoms with E-state index in [9.17, 15) is 0 Å². The molecule has 12 aromatic rings. The summed E-state index contributed by atoms with van der Waals surface area (Å²) >= 11 is 0. The van der Waals surface area contributed by atoms with Gasteiger partial charge in [0.2, 0.25) is 0 Å². The molecular weight excluding hydrogens is 693 g/mol. The summed E-state index contributed by atoms with van der Waals surface area (Å²) in [4.78, 5) is 2.40. The highest BCUT2D eigenvalue weighted by Gasteiger charge is 2.22. The van der Waals surface area contributed by atoms with Gasteiger partial charge in [-0.1, -0.05) is 140 Å². The van der Waals surface area contributed by atoms with Crippen molar-refractivity contribution in [2.24, 2.45) is 0 Å². The van der Waals surface area contributed by atoms with Gasteiger partial charge in [0.15, 0.2) is 0 Å². The third-order valence-corrected chi connectivity index (χ3v) is 11.7. The highest BCUT2D eigenvalue weighted by Crippen LogP contribution is 2.46. The molecule has 0 amide bonds. The minimum Gasteiger partial charge on any atom is -0.455 e. The van der Waals surface area contributed by atoms with Crippen LogP contribution in [0.2, 0.25) is 0 Å². The van der Waals surface area contributed by atoms with Crippen LogP contribution in [-0.4, -0.2) is 4.57 Å². The number of aromatic nitrogens is 1. The fourth-order valence-electron chi connectivity index (χ4n) is 9.12. The third-order valence-electron chi connectivity index (χ3n) is 11.7. The van der Waals surface area contributed by atoms with E-state index >= 15 is 0 Å². The second-order valence-electron chi connectivity index (χ2n) is 14.9. The van der Waals surface area contributed by atoms with E-state index in [0.717, 1.165) is 61.3 Å². The smallest absolute Gasteiger partial charge is 0.143 e. The van der Waals surface area contributed by atoms with Crippen molar-refractivity contribution in [2.45, 2.75) is 0 Å². The Balaban J connectivity index is 1.18. The molecule has 0 spiro atoms. The van der Waals surface area contributed by atoms with Crippen molar-refractivity contribution >= 4 is 93.1 Å². The lowest BCUT2D eigenvalue weighted by Crippen LogP contribution is -2.10. The monoisotopic (exact) mass is 726 g/mol. The number of furan rings is 1. The van der Waals surface area contributed by atoms with E-state index in [1.807, 2.05) is 0 Å². The lowest BCUT2D eigenvalue weighted by molar-refractivity contribution is 0.670. The first-order chi connectivity index (χ1) is 28.3. The summed E-state index contributed by atoms with van der Waals surface area (Å²) in [6, 6.07) is 74.5. The molecule has 2 heterocycles. The van der Waals surface area contributed by atoms with Gasteiger partial charge >= 0.3 is 0 Å². The largest absolute Gasteiger partial charge is 0.455 e. The van der Waals surface area contributed by atoms with Gasteiger partial charge in [0.25, 0.3) is 0 Å². The molecule has 0 aliphatic rings. The number of para-hydroxylation sites is 3. The van der Waals surface area contributed by atoms with Crippen molar-refractivity contribution in [1.29, 1.82) is 0 Å². The number of hydrogen-bond donors (Lipinski definition) is 0. The van der Waals surface area contributed by atoms with E-state index in [4.69, 9.17) is 4.42 Å². The normalized spacial score (nSPS) is 11.9. The molecule has 0 N–H and O–H groups in total. The molecule has 57 heavy (non-hydrogen) atoms. The fourth-order valence-corrected chi connectivity index (χ4v) is 9.12. The lowest BCUT2D eigenvalue weighted by atomic mass is 9.97. The Kier molecular flexibility index (Phi) is 6.93. The van der Waals surface area contributed by atoms with Crippen LogP contribution in [0.5, 0.6) is 0 Å². The van der Waals surface area contributed by atoms with Crippen molar-refractivity contribution in [3.05, 3.63) is 206 Å². The van der Waals surface area contributed by atoms with Gasteiger partial charge in [-0.15, -0.1) is 0 Å². The molecular formula is C54H34N2O. The van der Waals surface area contributed by atoms with Crippen LogP contribution in [-0.2, 0) is 0 Å². The average Bonchev–Trinajstić information content (AvgIpc) is 3.83. The predicted octanol–water partition coefficient (Wildman–Crippen LogP) is 15.3.